The Hall–Kier alpha value is -2.79. The van der Waals surface area contributed by atoms with Crippen molar-refractivity contribution in [3.05, 3.63) is 89.4 Å². The van der Waals surface area contributed by atoms with E-state index in [-0.39, 0.29) is 6.61 Å². The van der Waals surface area contributed by atoms with Crippen LogP contribution in [0.25, 0.3) is 0 Å². The number of rotatable bonds is 10. The molecule has 0 aliphatic rings. The number of benzene rings is 2. The Morgan fingerprint density at radius 2 is 1.69 bits per heavy atom. The maximum absolute atomic E-state index is 12.8. The van der Waals surface area contributed by atoms with Crippen molar-refractivity contribution in [1.29, 1.82) is 0 Å². The van der Waals surface area contributed by atoms with Gasteiger partial charge in [0.1, 0.15) is 0 Å². The third-order valence-corrected chi connectivity index (χ3v) is 5.36. The molecule has 2 atom stereocenters. The summed E-state index contributed by atoms with van der Waals surface area (Å²) < 4.78 is 16.7. The lowest BCUT2D eigenvalue weighted by Crippen LogP contribution is -2.35. The molecule has 0 radical (unpaired) electrons. The van der Waals surface area contributed by atoms with Crippen LogP contribution in [0.5, 0.6) is 0 Å². The molecule has 32 heavy (non-hydrogen) atoms. The third kappa shape index (κ3) is 8.75. The minimum atomic E-state index is -0.958. The smallest absolute Gasteiger partial charge is 0.384 e. The second-order valence-electron chi connectivity index (χ2n) is 6.46. The van der Waals surface area contributed by atoms with Gasteiger partial charge in [-0.25, -0.2) is 9.59 Å². The number of esters is 2. The number of hydrogen-bond acceptors (Lipinski definition) is 6. The molecule has 0 aliphatic heterocycles. The Kier molecular flexibility index (Phi) is 10.8. The number of methoxy groups -OCH3 is 1. The quantitative estimate of drug-likeness (QED) is 0.146. The molecule has 0 fully saturated rings. The van der Waals surface area contributed by atoms with Crippen molar-refractivity contribution in [3.8, 4) is 11.8 Å². The van der Waals surface area contributed by atoms with Crippen molar-refractivity contribution in [2.45, 2.75) is 17.1 Å². The van der Waals surface area contributed by atoms with Gasteiger partial charge >= 0.3 is 11.9 Å². The molecule has 0 bridgehead atoms. The molecule has 0 spiro atoms. The zero-order valence-electron chi connectivity index (χ0n) is 17.6. The molecule has 7 heteroatoms. The zero-order chi connectivity index (χ0) is 23.3. The monoisotopic (exact) mass is 514 g/mol. The number of carbonyl (C=O) groups excluding carboxylic acids is 2. The van der Waals surface area contributed by atoms with Gasteiger partial charge < -0.3 is 14.2 Å². The van der Waals surface area contributed by atoms with Crippen LogP contribution in [0.4, 0.5) is 0 Å². The van der Waals surface area contributed by atoms with E-state index < -0.39 is 24.1 Å². The Balaban J connectivity index is 2.29. The Bertz CT molecular complexity index is 995. The minimum absolute atomic E-state index is 0.0962. The normalized spacial score (nSPS) is 11.9. The van der Waals surface area contributed by atoms with Gasteiger partial charge in [0.05, 0.1) is 19.3 Å². The van der Waals surface area contributed by atoms with Crippen molar-refractivity contribution in [3.63, 3.8) is 0 Å². The first kappa shape index (κ1) is 25.5. The molecule has 2 aromatic rings. The average Bonchev–Trinajstić information content (AvgIpc) is 2.82. The highest BCUT2D eigenvalue weighted by atomic mass is 79.9. The van der Waals surface area contributed by atoms with E-state index in [0.29, 0.717) is 21.4 Å². The summed E-state index contributed by atoms with van der Waals surface area (Å²) in [6.07, 6.45) is -1.89. The van der Waals surface area contributed by atoms with Gasteiger partial charge in [0.25, 0.3) is 0 Å². The number of carbonyl (C=O) groups is 2. The lowest BCUT2D eigenvalue weighted by molar-refractivity contribution is -0.133. The van der Waals surface area contributed by atoms with Crippen LogP contribution >= 0.6 is 27.7 Å². The van der Waals surface area contributed by atoms with Crippen LogP contribution in [0.1, 0.15) is 10.4 Å². The molecule has 166 valence electrons. The van der Waals surface area contributed by atoms with E-state index in [2.05, 4.69) is 45.7 Å². The summed E-state index contributed by atoms with van der Waals surface area (Å²) in [5.74, 6) is 4.24. The number of thioether (sulfide) groups is 1. The van der Waals surface area contributed by atoms with Crippen molar-refractivity contribution in [2.24, 2.45) is 0 Å². The molecule has 0 saturated carbocycles. The lowest BCUT2D eigenvalue weighted by atomic mass is 10.1. The van der Waals surface area contributed by atoms with E-state index in [4.69, 9.17) is 9.47 Å². The second-order valence-corrected chi connectivity index (χ2v) is 8.63. The highest BCUT2D eigenvalue weighted by Gasteiger charge is 2.28. The molecule has 0 aromatic heterocycles. The largest absolute Gasteiger partial charge is 0.459 e. The molecule has 0 aliphatic carbocycles. The van der Waals surface area contributed by atoms with Gasteiger partial charge in [-0.2, -0.15) is 0 Å². The van der Waals surface area contributed by atoms with Crippen molar-refractivity contribution in [1.82, 2.24) is 0 Å². The van der Waals surface area contributed by atoms with Crippen LogP contribution in [-0.4, -0.2) is 43.6 Å². The molecule has 2 rings (SSSR count). The van der Waals surface area contributed by atoms with Crippen LogP contribution in [0, 0.1) is 11.8 Å². The van der Waals surface area contributed by atoms with E-state index in [1.165, 1.54) is 18.9 Å². The summed E-state index contributed by atoms with van der Waals surface area (Å²) in [7, 11) is 1.23. The predicted molar refractivity (Wildman–Crippen MR) is 130 cm³/mol. The molecular formula is C25H23BrO5S. The van der Waals surface area contributed by atoms with Gasteiger partial charge in [0, 0.05) is 21.1 Å². The first-order valence-corrected chi connectivity index (χ1v) is 11.3. The van der Waals surface area contributed by atoms with E-state index in [0.717, 1.165) is 4.90 Å². The fraction of sp³-hybridized carbons (Fsp3) is 0.200. The summed E-state index contributed by atoms with van der Waals surface area (Å²) in [5, 5.41) is 0. The van der Waals surface area contributed by atoms with E-state index in [1.807, 2.05) is 30.3 Å². The van der Waals surface area contributed by atoms with Crippen molar-refractivity contribution >= 4 is 39.6 Å². The van der Waals surface area contributed by atoms with E-state index >= 15 is 0 Å². The molecule has 2 aromatic carbocycles. The minimum Gasteiger partial charge on any atom is -0.459 e. The van der Waals surface area contributed by atoms with E-state index in [9.17, 15) is 9.59 Å². The van der Waals surface area contributed by atoms with Crippen LogP contribution < -0.4 is 0 Å². The predicted octanol–water partition coefficient (Wildman–Crippen LogP) is 5.03. The molecular weight excluding hydrogens is 492 g/mol. The molecule has 0 unspecified atom stereocenters. The van der Waals surface area contributed by atoms with Gasteiger partial charge in [0.2, 0.25) is 0 Å². The van der Waals surface area contributed by atoms with Crippen LogP contribution in [-0.2, 0) is 19.0 Å². The Labute approximate surface area is 201 Å². The Morgan fingerprint density at radius 1 is 1.06 bits per heavy atom. The standard InChI is InChI=1S/C25H23BrO5S/c1-18(17-32-21-12-8-5-9-13-21)24(31-25(28)20-10-6-4-7-11-20)22(30-16-19(2)26)14-15-23(27)29-3/h4-13,22,24H,1-2,16-17H2,3H3/t22-,24+/m0/s1. The Morgan fingerprint density at radius 3 is 2.28 bits per heavy atom. The summed E-state index contributed by atoms with van der Waals surface area (Å²) in [4.78, 5) is 25.4. The highest BCUT2D eigenvalue weighted by Crippen LogP contribution is 2.25. The number of halogens is 1. The summed E-state index contributed by atoms with van der Waals surface area (Å²) in [5.41, 5.74) is 0.957. The van der Waals surface area contributed by atoms with Crippen molar-refractivity contribution < 1.29 is 23.8 Å². The summed E-state index contributed by atoms with van der Waals surface area (Å²) in [6.45, 7) is 7.96. The van der Waals surface area contributed by atoms with Crippen LogP contribution in [0.2, 0.25) is 0 Å². The van der Waals surface area contributed by atoms with Gasteiger partial charge in [-0.1, -0.05) is 71.4 Å². The molecule has 0 amide bonds. The molecule has 5 nitrogen and oxygen atoms in total. The maximum atomic E-state index is 12.8. The fourth-order valence-electron chi connectivity index (χ4n) is 2.46. The lowest BCUT2D eigenvalue weighted by Gasteiger charge is -2.25. The topological polar surface area (TPSA) is 61.8 Å². The summed E-state index contributed by atoms with van der Waals surface area (Å²) >= 11 is 4.78. The van der Waals surface area contributed by atoms with Crippen molar-refractivity contribution in [2.75, 3.05) is 19.5 Å². The van der Waals surface area contributed by atoms with Gasteiger partial charge in [-0.15, -0.1) is 11.8 Å². The van der Waals surface area contributed by atoms with Crippen LogP contribution in [0.15, 0.2) is 88.8 Å². The number of ether oxygens (including phenoxy) is 3. The second kappa shape index (κ2) is 13.6. The average molecular weight is 515 g/mol. The molecule has 0 saturated heterocycles. The summed E-state index contributed by atoms with van der Waals surface area (Å²) in [6, 6.07) is 18.3. The first-order chi connectivity index (χ1) is 15.4. The maximum Gasteiger partial charge on any atom is 0.384 e. The van der Waals surface area contributed by atoms with Gasteiger partial charge in [0.15, 0.2) is 12.2 Å². The number of hydrogen-bond donors (Lipinski definition) is 0. The molecule has 0 N–H and O–H groups in total. The van der Waals surface area contributed by atoms with Crippen LogP contribution in [0.3, 0.4) is 0 Å². The first-order valence-electron chi connectivity index (χ1n) is 9.56. The molecule has 0 heterocycles. The zero-order valence-corrected chi connectivity index (χ0v) is 20.0. The van der Waals surface area contributed by atoms with Gasteiger partial charge in [-0.05, 0) is 29.8 Å². The highest BCUT2D eigenvalue weighted by molar-refractivity contribution is 9.11. The SMILES string of the molecule is C=C(Br)CO[C@@H](C#CC(=O)OC)[C@H](OC(=O)c1ccccc1)C(=C)CSc1ccccc1. The third-order valence-electron chi connectivity index (χ3n) is 4.01. The van der Waals surface area contributed by atoms with Gasteiger partial charge in [-0.3, -0.25) is 0 Å². The van der Waals surface area contributed by atoms with E-state index in [1.54, 1.807) is 30.3 Å². The fourth-order valence-corrected chi connectivity index (χ4v) is 3.46.